The predicted molar refractivity (Wildman–Crippen MR) is 79.7 cm³/mol. The van der Waals surface area contributed by atoms with Crippen molar-refractivity contribution in [3.05, 3.63) is 11.9 Å². The molecule has 1 heterocycles. The first kappa shape index (κ1) is 13.5. The van der Waals surface area contributed by atoms with Gasteiger partial charge in [0.2, 0.25) is 0 Å². The number of aryl methyl sites for hydroxylation is 1. The van der Waals surface area contributed by atoms with Crippen LogP contribution < -0.4 is 10.2 Å². The molecule has 0 amide bonds. The van der Waals surface area contributed by atoms with Crippen molar-refractivity contribution < 1.29 is 0 Å². The first-order valence-electron chi connectivity index (χ1n) is 6.60. The Labute approximate surface area is 115 Å². The Morgan fingerprint density at radius 3 is 2.83 bits per heavy atom. The number of rotatable bonds is 6. The molecule has 1 aliphatic rings. The number of thiol groups is 1. The van der Waals surface area contributed by atoms with E-state index in [0.29, 0.717) is 0 Å². The van der Waals surface area contributed by atoms with Crippen LogP contribution in [-0.4, -0.2) is 35.9 Å². The Kier molecular flexibility index (Phi) is 4.69. The highest BCUT2D eigenvalue weighted by atomic mass is 32.1. The van der Waals surface area contributed by atoms with Crippen molar-refractivity contribution in [1.82, 2.24) is 9.97 Å². The van der Waals surface area contributed by atoms with Crippen molar-refractivity contribution in [2.24, 2.45) is 5.92 Å². The van der Waals surface area contributed by atoms with Crippen LogP contribution in [0.3, 0.4) is 0 Å². The predicted octanol–water partition coefficient (Wildman–Crippen LogP) is 2.36. The normalized spacial score (nSPS) is 15.3. The van der Waals surface area contributed by atoms with Crippen molar-refractivity contribution >= 4 is 24.3 Å². The number of nitrogens with one attached hydrogen (secondary N) is 1. The zero-order chi connectivity index (χ0) is 13.0. The summed E-state index contributed by atoms with van der Waals surface area (Å²) in [5.74, 6) is 4.37. The zero-order valence-electron chi connectivity index (χ0n) is 11.2. The average Bonchev–Trinajstić information content (AvgIpc) is 2.30. The van der Waals surface area contributed by atoms with E-state index in [1.807, 2.05) is 13.0 Å². The van der Waals surface area contributed by atoms with Crippen molar-refractivity contribution in [2.75, 3.05) is 36.1 Å². The fraction of sp³-hybridized carbons (Fsp3) is 0.692. The third-order valence-corrected chi connectivity index (χ3v) is 3.61. The molecule has 1 fully saturated rings. The smallest absolute Gasteiger partial charge is 0.134 e. The second kappa shape index (κ2) is 6.27. The summed E-state index contributed by atoms with van der Waals surface area (Å²) in [6.45, 7) is 3.86. The molecule has 5 heteroatoms. The van der Waals surface area contributed by atoms with Crippen LogP contribution in [0, 0.1) is 12.8 Å². The fourth-order valence-corrected chi connectivity index (χ4v) is 2.29. The SMILES string of the molecule is Cc1nc(NCCS)cc(N(C)CC2CCC2)n1. The largest absolute Gasteiger partial charge is 0.369 e. The van der Waals surface area contributed by atoms with Gasteiger partial charge in [-0.1, -0.05) is 6.42 Å². The number of hydrogen-bond acceptors (Lipinski definition) is 5. The maximum atomic E-state index is 4.51. The van der Waals surface area contributed by atoms with Gasteiger partial charge in [0.25, 0.3) is 0 Å². The summed E-state index contributed by atoms with van der Waals surface area (Å²) in [5.41, 5.74) is 0. The van der Waals surface area contributed by atoms with E-state index in [1.165, 1.54) is 19.3 Å². The van der Waals surface area contributed by atoms with Gasteiger partial charge in [0.1, 0.15) is 17.5 Å². The molecule has 1 aromatic heterocycles. The topological polar surface area (TPSA) is 41.1 Å². The second-order valence-corrected chi connectivity index (χ2v) is 5.43. The summed E-state index contributed by atoms with van der Waals surface area (Å²) in [7, 11) is 2.11. The first-order valence-corrected chi connectivity index (χ1v) is 7.24. The average molecular weight is 266 g/mol. The summed E-state index contributed by atoms with van der Waals surface area (Å²) in [6, 6.07) is 2.02. The van der Waals surface area contributed by atoms with Gasteiger partial charge in [-0.05, 0) is 25.7 Å². The minimum absolute atomic E-state index is 0.802. The maximum Gasteiger partial charge on any atom is 0.134 e. The molecule has 0 radical (unpaired) electrons. The van der Waals surface area contributed by atoms with Crippen LogP contribution in [-0.2, 0) is 0 Å². The standard InChI is InChI=1S/C13H22N4S/c1-10-15-12(14-6-7-18)8-13(16-10)17(2)9-11-4-3-5-11/h8,11,18H,3-7,9H2,1-2H3,(H,14,15,16). The van der Waals surface area contributed by atoms with Gasteiger partial charge in [-0.15, -0.1) is 0 Å². The van der Waals surface area contributed by atoms with E-state index < -0.39 is 0 Å². The molecule has 0 spiro atoms. The van der Waals surface area contributed by atoms with Crippen LogP contribution in [0.25, 0.3) is 0 Å². The number of anilines is 2. The van der Waals surface area contributed by atoms with E-state index in [0.717, 1.165) is 42.2 Å². The van der Waals surface area contributed by atoms with Crippen LogP contribution in [0.2, 0.25) is 0 Å². The van der Waals surface area contributed by atoms with E-state index in [2.05, 4.69) is 39.9 Å². The van der Waals surface area contributed by atoms with Crippen molar-refractivity contribution in [2.45, 2.75) is 26.2 Å². The van der Waals surface area contributed by atoms with Crippen molar-refractivity contribution in [3.63, 3.8) is 0 Å². The van der Waals surface area contributed by atoms with Crippen LogP contribution in [0.1, 0.15) is 25.1 Å². The first-order chi connectivity index (χ1) is 8.69. The molecule has 2 rings (SSSR count). The Morgan fingerprint density at radius 2 is 2.22 bits per heavy atom. The lowest BCUT2D eigenvalue weighted by atomic mass is 9.85. The number of aromatic nitrogens is 2. The van der Waals surface area contributed by atoms with E-state index in [9.17, 15) is 0 Å². The molecule has 0 aromatic carbocycles. The van der Waals surface area contributed by atoms with Gasteiger partial charge in [0, 0.05) is 32.0 Å². The minimum atomic E-state index is 0.802. The Hall–Kier alpha value is -0.970. The third kappa shape index (κ3) is 3.51. The highest BCUT2D eigenvalue weighted by Crippen LogP contribution is 2.28. The van der Waals surface area contributed by atoms with Gasteiger partial charge in [-0.2, -0.15) is 12.6 Å². The van der Waals surface area contributed by atoms with E-state index >= 15 is 0 Å². The summed E-state index contributed by atoms with van der Waals surface area (Å²) >= 11 is 4.19. The molecular weight excluding hydrogens is 244 g/mol. The quantitative estimate of drug-likeness (QED) is 0.776. The maximum absolute atomic E-state index is 4.51. The lowest BCUT2D eigenvalue weighted by Gasteiger charge is -2.30. The number of hydrogen-bond donors (Lipinski definition) is 2. The molecule has 1 N–H and O–H groups in total. The summed E-state index contributed by atoms with van der Waals surface area (Å²) in [4.78, 5) is 11.1. The molecule has 0 atom stereocenters. The molecule has 100 valence electrons. The molecule has 1 aliphatic carbocycles. The third-order valence-electron chi connectivity index (χ3n) is 3.39. The summed E-state index contributed by atoms with van der Waals surface area (Å²) < 4.78 is 0. The molecule has 4 nitrogen and oxygen atoms in total. The minimum Gasteiger partial charge on any atom is -0.369 e. The molecular formula is C13H22N4S. The number of nitrogens with zero attached hydrogens (tertiary/aromatic N) is 3. The zero-order valence-corrected chi connectivity index (χ0v) is 12.1. The van der Waals surface area contributed by atoms with Gasteiger partial charge in [0.05, 0.1) is 0 Å². The van der Waals surface area contributed by atoms with Crippen molar-refractivity contribution in [1.29, 1.82) is 0 Å². The lowest BCUT2D eigenvalue weighted by molar-refractivity contribution is 0.321. The van der Waals surface area contributed by atoms with Crippen LogP contribution >= 0.6 is 12.6 Å². The molecule has 1 aromatic rings. The fourth-order valence-electron chi connectivity index (χ4n) is 2.18. The Bertz CT molecular complexity index is 393. The Balaban J connectivity index is 2.03. The van der Waals surface area contributed by atoms with Gasteiger partial charge >= 0.3 is 0 Å². The van der Waals surface area contributed by atoms with E-state index in [1.54, 1.807) is 0 Å². The highest BCUT2D eigenvalue weighted by molar-refractivity contribution is 7.80. The van der Waals surface area contributed by atoms with E-state index in [-0.39, 0.29) is 0 Å². The summed E-state index contributed by atoms with van der Waals surface area (Å²) in [6.07, 6.45) is 4.11. The lowest BCUT2D eigenvalue weighted by Crippen LogP contribution is -2.30. The van der Waals surface area contributed by atoms with E-state index in [4.69, 9.17) is 0 Å². The van der Waals surface area contributed by atoms with Gasteiger partial charge < -0.3 is 10.2 Å². The highest BCUT2D eigenvalue weighted by Gasteiger charge is 2.20. The molecule has 18 heavy (non-hydrogen) atoms. The van der Waals surface area contributed by atoms with Gasteiger partial charge in [0.15, 0.2) is 0 Å². The van der Waals surface area contributed by atoms with Crippen LogP contribution in [0.15, 0.2) is 6.07 Å². The van der Waals surface area contributed by atoms with Crippen LogP contribution in [0.5, 0.6) is 0 Å². The van der Waals surface area contributed by atoms with Gasteiger partial charge in [-0.25, -0.2) is 9.97 Å². The summed E-state index contributed by atoms with van der Waals surface area (Å²) in [5, 5.41) is 3.26. The molecule has 0 unspecified atom stereocenters. The Morgan fingerprint density at radius 1 is 1.44 bits per heavy atom. The van der Waals surface area contributed by atoms with Crippen LogP contribution in [0.4, 0.5) is 11.6 Å². The van der Waals surface area contributed by atoms with Crippen molar-refractivity contribution in [3.8, 4) is 0 Å². The monoisotopic (exact) mass is 266 g/mol. The second-order valence-electron chi connectivity index (χ2n) is 4.99. The molecule has 1 saturated carbocycles. The molecule has 0 aliphatic heterocycles. The van der Waals surface area contributed by atoms with Gasteiger partial charge in [-0.3, -0.25) is 0 Å². The molecule has 0 saturated heterocycles. The molecule has 0 bridgehead atoms.